The van der Waals surface area contributed by atoms with Gasteiger partial charge >= 0.3 is 0 Å². The standard InChI is InChI=1S/C7H15O2P/c1-6-5-10(8,9-4)7(6,2)3/h6H,5H2,1-4H3. The maximum Gasteiger partial charge on any atom is 0.208 e. The Labute approximate surface area is 62.4 Å². The van der Waals surface area contributed by atoms with Crippen molar-refractivity contribution in [1.82, 2.24) is 0 Å². The summed E-state index contributed by atoms with van der Waals surface area (Å²) in [5, 5.41) is -0.0816. The molecule has 1 aliphatic rings. The van der Waals surface area contributed by atoms with Crippen LogP contribution < -0.4 is 0 Å². The highest BCUT2D eigenvalue weighted by Gasteiger charge is 2.55. The lowest BCUT2D eigenvalue weighted by molar-refractivity contribution is 0.290. The molecule has 0 aromatic carbocycles. The summed E-state index contributed by atoms with van der Waals surface area (Å²) >= 11 is 0. The van der Waals surface area contributed by atoms with Crippen LogP contribution in [0.5, 0.6) is 0 Å². The molecule has 1 saturated heterocycles. The van der Waals surface area contributed by atoms with E-state index in [1.807, 2.05) is 13.8 Å². The molecule has 1 heterocycles. The molecule has 0 aromatic heterocycles. The molecular formula is C7H15O2P. The summed E-state index contributed by atoms with van der Waals surface area (Å²) in [4.78, 5) is 0. The quantitative estimate of drug-likeness (QED) is 0.553. The molecule has 0 saturated carbocycles. The second-order valence-electron chi connectivity index (χ2n) is 3.59. The molecule has 3 heteroatoms. The van der Waals surface area contributed by atoms with E-state index in [9.17, 15) is 4.57 Å². The average Bonchev–Trinajstić information content (AvgIpc) is 1.88. The molecule has 0 amide bonds. The average molecular weight is 162 g/mol. The van der Waals surface area contributed by atoms with Crippen LogP contribution >= 0.6 is 7.37 Å². The smallest absolute Gasteiger partial charge is 0.208 e. The van der Waals surface area contributed by atoms with Crippen molar-refractivity contribution >= 4 is 7.37 Å². The van der Waals surface area contributed by atoms with E-state index in [1.54, 1.807) is 7.11 Å². The van der Waals surface area contributed by atoms with E-state index in [1.165, 1.54) is 0 Å². The lowest BCUT2D eigenvalue weighted by Crippen LogP contribution is -2.43. The molecular weight excluding hydrogens is 147 g/mol. The van der Waals surface area contributed by atoms with Crippen LogP contribution in [0.15, 0.2) is 0 Å². The molecule has 0 aromatic rings. The second kappa shape index (κ2) is 2.09. The molecule has 60 valence electrons. The molecule has 0 N–H and O–H groups in total. The molecule has 0 radical (unpaired) electrons. The SMILES string of the molecule is COP1(=O)CC(C)C1(C)C. The van der Waals surface area contributed by atoms with Crippen molar-refractivity contribution < 1.29 is 9.09 Å². The number of rotatable bonds is 1. The fourth-order valence-corrected chi connectivity index (χ4v) is 4.06. The largest absolute Gasteiger partial charge is 0.331 e. The first kappa shape index (κ1) is 8.29. The fraction of sp³-hybridized carbons (Fsp3) is 1.00. The molecule has 0 spiro atoms. The molecule has 1 aliphatic heterocycles. The molecule has 2 nitrogen and oxygen atoms in total. The zero-order valence-corrected chi connectivity index (χ0v) is 7.94. The molecule has 1 rings (SSSR count). The van der Waals surface area contributed by atoms with Crippen molar-refractivity contribution in [2.24, 2.45) is 5.92 Å². The van der Waals surface area contributed by atoms with Gasteiger partial charge in [0.25, 0.3) is 0 Å². The summed E-state index contributed by atoms with van der Waals surface area (Å²) in [6.45, 7) is 6.16. The van der Waals surface area contributed by atoms with E-state index in [2.05, 4.69) is 6.92 Å². The number of hydrogen-bond acceptors (Lipinski definition) is 2. The first-order valence-electron chi connectivity index (χ1n) is 3.59. The molecule has 0 bridgehead atoms. The van der Waals surface area contributed by atoms with Crippen molar-refractivity contribution in [2.45, 2.75) is 25.9 Å². The highest BCUT2D eigenvalue weighted by Crippen LogP contribution is 2.71. The summed E-state index contributed by atoms with van der Waals surface area (Å²) in [7, 11) is -0.683. The van der Waals surface area contributed by atoms with Gasteiger partial charge in [-0.15, -0.1) is 0 Å². The van der Waals surface area contributed by atoms with Crippen LogP contribution in [-0.2, 0) is 9.09 Å². The first-order valence-corrected chi connectivity index (χ1v) is 5.40. The van der Waals surface area contributed by atoms with Gasteiger partial charge in [0.05, 0.1) is 0 Å². The Balaban J connectivity index is 2.81. The highest BCUT2D eigenvalue weighted by molar-refractivity contribution is 7.62. The summed E-state index contributed by atoms with van der Waals surface area (Å²) in [5.74, 6) is 0.540. The highest BCUT2D eigenvalue weighted by atomic mass is 31.2. The Morgan fingerprint density at radius 3 is 2.20 bits per heavy atom. The Bertz CT molecular complexity index is 186. The predicted molar refractivity (Wildman–Crippen MR) is 42.7 cm³/mol. The topological polar surface area (TPSA) is 26.3 Å². The van der Waals surface area contributed by atoms with Gasteiger partial charge in [-0.25, -0.2) is 0 Å². The third-order valence-electron chi connectivity index (χ3n) is 2.89. The van der Waals surface area contributed by atoms with Gasteiger partial charge in [0.2, 0.25) is 7.37 Å². The molecule has 0 aliphatic carbocycles. The van der Waals surface area contributed by atoms with Crippen LogP contribution in [0.3, 0.4) is 0 Å². The van der Waals surface area contributed by atoms with E-state index in [0.29, 0.717) is 5.92 Å². The summed E-state index contributed by atoms with van der Waals surface area (Å²) in [6.07, 6.45) is 0.760. The maximum absolute atomic E-state index is 11.7. The molecule has 2 atom stereocenters. The van der Waals surface area contributed by atoms with Crippen molar-refractivity contribution in [3.63, 3.8) is 0 Å². The normalized spacial score (nSPS) is 44.6. The Morgan fingerprint density at radius 1 is 1.60 bits per heavy atom. The van der Waals surface area contributed by atoms with Crippen LogP contribution in [0, 0.1) is 5.92 Å². The van der Waals surface area contributed by atoms with Gasteiger partial charge in [0, 0.05) is 18.4 Å². The zero-order chi connectivity index (χ0) is 7.99. The van der Waals surface area contributed by atoms with Crippen LogP contribution in [0.2, 0.25) is 0 Å². The van der Waals surface area contributed by atoms with Crippen LogP contribution in [-0.4, -0.2) is 18.4 Å². The second-order valence-corrected chi connectivity index (χ2v) is 6.82. The van der Waals surface area contributed by atoms with E-state index in [4.69, 9.17) is 4.52 Å². The van der Waals surface area contributed by atoms with E-state index in [0.717, 1.165) is 6.16 Å². The van der Waals surface area contributed by atoms with Gasteiger partial charge in [-0.3, -0.25) is 4.57 Å². The Kier molecular flexibility index (Phi) is 1.73. The molecule has 2 unspecified atom stereocenters. The van der Waals surface area contributed by atoms with Crippen molar-refractivity contribution in [1.29, 1.82) is 0 Å². The van der Waals surface area contributed by atoms with Gasteiger partial charge in [0.15, 0.2) is 0 Å². The van der Waals surface area contributed by atoms with E-state index < -0.39 is 7.37 Å². The minimum Gasteiger partial charge on any atom is -0.331 e. The van der Waals surface area contributed by atoms with E-state index >= 15 is 0 Å². The van der Waals surface area contributed by atoms with Gasteiger partial charge < -0.3 is 4.52 Å². The lowest BCUT2D eigenvalue weighted by atomic mass is 9.98. The Morgan fingerprint density at radius 2 is 2.10 bits per heavy atom. The monoisotopic (exact) mass is 162 g/mol. The Hall–Kier alpha value is 0.190. The molecule has 1 fully saturated rings. The maximum atomic E-state index is 11.7. The zero-order valence-electron chi connectivity index (χ0n) is 7.05. The van der Waals surface area contributed by atoms with Crippen molar-refractivity contribution in [2.75, 3.05) is 13.3 Å². The van der Waals surface area contributed by atoms with Crippen molar-refractivity contribution in [3.8, 4) is 0 Å². The van der Waals surface area contributed by atoms with Crippen LogP contribution in [0.25, 0.3) is 0 Å². The first-order chi connectivity index (χ1) is 4.44. The third kappa shape index (κ3) is 0.787. The lowest BCUT2D eigenvalue weighted by Gasteiger charge is -2.48. The van der Waals surface area contributed by atoms with Crippen LogP contribution in [0.4, 0.5) is 0 Å². The van der Waals surface area contributed by atoms with Gasteiger partial charge in [-0.1, -0.05) is 20.8 Å². The number of hydrogen-bond donors (Lipinski definition) is 0. The molecule has 10 heavy (non-hydrogen) atoms. The van der Waals surface area contributed by atoms with Gasteiger partial charge in [0.1, 0.15) is 0 Å². The van der Waals surface area contributed by atoms with Gasteiger partial charge in [-0.05, 0) is 5.92 Å². The van der Waals surface area contributed by atoms with Crippen LogP contribution in [0.1, 0.15) is 20.8 Å². The van der Waals surface area contributed by atoms with Gasteiger partial charge in [-0.2, -0.15) is 0 Å². The predicted octanol–water partition coefficient (Wildman–Crippen LogP) is 2.34. The fourth-order valence-electron chi connectivity index (χ4n) is 1.35. The summed E-state index contributed by atoms with van der Waals surface area (Å²) in [6, 6.07) is 0. The van der Waals surface area contributed by atoms with E-state index in [-0.39, 0.29) is 5.16 Å². The summed E-state index contributed by atoms with van der Waals surface area (Å²) < 4.78 is 16.7. The van der Waals surface area contributed by atoms with Crippen molar-refractivity contribution in [3.05, 3.63) is 0 Å². The minimum atomic E-state index is -2.23. The minimum absolute atomic E-state index is 0.0816. The third-order valence-corrected chi connectivity index (χ3v) is 6.71. The summed E-state index contributed by atoms with van der Waals surface area (Å²) in [5.41, 5.74) is 0.